The van der Waals surface area contributed by atoms with Crippen LogP contribution in [0.5, 0.6) is 5.75 Å². The minimum atomic E-state index is 0.0718. The minimum Gasteiger partial charge on any atom is -0.488 e. The summed E-state index contributed by atoms with van der Waals surface area (Å²) in [5, 5.41) is 3.88. The van der Waals surface area contributed by atoms with Crippen LogP contribution in [0.1, 0.15) is 16.7 Å². The molecular formula is C16H17N5O. The van der Waals surface area contributed by atoms with Gasteiger partial charge in [-0.2, -0.15) is 0 Å². The lowest BCUT2D eigenvalue weighted by atomic mass is 9.95. The summed E-state index contributed by atoms with van der Waals surface area (Å²) in [6, 6.07) is 13.4. The second-order valence-electron chi connectivity index (χ2n) is 4.92. The van der Waals surface area contributed by atoms with Gasteiger partial charge in [0.15, 0.2) is 0 Å². The Labute approximate surface area is 128 Å². The number of benzene rings is 2. The van der Waals surface area contributed by atoms with E-state index in [9.17, 15) is 0 Å². The molecular weight excluding hydrogens is 278 g/mol. The number of nitrogens with one attached hydrogen (secondary N) is 2. The normalized spacial score (nSPS) is 16.7. The summed E-state index contributed by atoms with van der Waals surface area (Å²) in [5.74, 6) is 8.64. The molecule has 6 nitrogen and oxygen atoms in total. The van der Waals surface area contributed by atoms with Crippen molar-refractivity contribution < 1.29 is 9.85 Å². The maximum Gasteiger partial charge on any atom is 0.141 e. The molecule has 1 unspecified atom stereocenters. The summed E-state index contributed by atoms with van der Waals surface area (Å²) < 4.78 is 5.87. The molecule has 0 aromatic heterocycles. The predicted octanol–water partition coefficient (Wildman–Crippen LogP) is 1.30. The number of fused-ring (bicyclic) bond motifs is 2. The first kappa shape index (κ1) is 14.1. The molecule has 1 heterocycles. The van der Waals surface area contributed by atoms with Gasteiger partial charge in [0, 0.05) is 16.8 Å². The lowest BCUT2D eigenvalue weighted by Crippen LogP contribution is -2.95. The molecule has 1 atom stereocenters. The van der Waals surface area contributed by atoms with E-state index in [4.69, 9.17) is 22.0 Å². The van der Waals surface area contributed by atoms with Crippen LogP contribution >= 0.6 is 0 Å². The van der Waals surface area contributed by atoms with E-state index in [0.29, 0.717) is 12.3 Å². The van der Waals surface area contributed by atoms with Crippen molar-refractivity contribution in [3.05, 3.63) is 71.2 Å². The maximum absolute atomic E-state index is 7.91. The van der Waals surface area contributed by atoms with Crippen LogP contribution in [-0.2, 0) is 6.61 Å². The third-order valence-electron chi connectivity index (χ3n) is 3.48. The number of hydrogen-bond donors (Lipinski definition) is 3. The zero-order valence-electron chi connectivity index (χ0n) is 11.9. The fraction of sp³-hybridized carbons (Fsp3) is 0.0625. The quantitative estimate of drug-likeness (QED) is 0.337. The van der Waals surface area contributed by atoms with Gasteiger partial charge in [0.2, 0.25) is 0 Å². The molecule has 0 fully saturated rings. The highest BCUT2D eigenvalue weighted by atomic mass is 16.5. The van der Waals surface area contributed by atoms with E-state index >= 15 is 0 Å². The van der Waals surface area contributed by atoms with Gasteiger partial charge in [0.05, 0.1) is 0 Å². The number of rotatable bonds is 2. The number of anilines is 1. The van der Waals surface area contributed by atoms with Gasteiger partial charge in [-0.05, 0) is 29.3 Å². The number of quaternary nitrogens is 1. The molecule has 0 spiro atoms. The summed E-state index contributed by atoms with van der Waals surface area (Å²) in [5.41, 5.74) is 15.6. The third kappa shape index (κ3) is 2.65. The van der Waals surface area contributed by atoms with Gasteiger partial charge in [-0.3, -0.25) is 0 Å². The third-order valence-corrected chi connectivity index (χ3v) is 3.48. The van der Waals surface area contributed by atoms with Gasteiger partial charge in [0.1, 0.15) is 24.9 Å². The Balaban J connectivity index is 2.23. The summed E-state index contributed by atoms with van der Waals surface area (Å²) in [6.45, 7) is 0.470. The Hall–Kier alpha value is -2.83. The molecule has 2 aromatic carbocycles. The van der Waals surface area contributed by atoms with Crippen LogP contribution in [0.15, 0.2) is 53.8 Å². The molecule has 112 valence electrons. The molecule has 6 N–H and O–H groups in total. The van der Waals surface area contributed by atoms with Crippen molar-refractivity contribution in [1.29, 1.82) is 0 Å². The number of nitrogens with zero attached hydrogens (tertiary/aromatic N) is 1. The van der Waals surface area contributed by atoms with Gasteiger partial charge >= 0.3 is 0 Å². The molecule has 0 bridgehead atoms. The summed E-state index contributed by atoms with van der Waals surface area (Å²) >= 11 is 0. The predicted molar refractivity (Wildman–Crippen MR) is 86.7 cm³/mol. The topological polar surface area (TPSA) is 102 Å². The van der Waals surface area contributed by atoms with Gasteiger partial charge < -0.3 is 22.0 Å². The standard InChI is InChI=1S/C16H17N5O/c17-10-20-21(19)8-15-13-4-2-1-3-11(13)9-22-16-6-5-12(18)7-14(15)16/h1-8,10,19,21H,9,18H2,(H2,17,20)/b15-8-. The molecule has 0 saturated heterocycles. The molecule has 0 aliphatic carbocycles. The Morgan fingerprint density at radius 3 is 2.82 bits per heavy atom. The molecule has 3 rings (SSSR count). The van der Waals surface area contributed by atoms with Crippen LogP contribution in [-0.4, -0.2) is 6.34 Å². The van der Waals surface area contributed by atoms with Gasteiger partial charge in [-0.25, -0.2) is 5.12 Å². The van der Waals surface area contributed by atoms with Crippen LogP contribution in [0.2, 0.25) is 0 Å². The zero-order chi connectivity index (χ0) is 15.5. The number of hydrogen-bond acceptors (Lipinski definition) is 3. The van der Waals surface area contributed by atoms with Crippen molar-refractivity contribution in [2.45, 2.75) is 6.61 Å². The Morgan fingerprint density at radius 1 is 1.18 bits per heavy atom. The van der Waals surface area contributed by atoms with Crippen molar-refractivity contribution in [1.82, 2.24) is 0 Å². The van der Waals surface area contributed by atoms with E-state index in [1.807, 2.05) is 36.4 Å². The molecule has 1 aliphatic heterocycles. The zero-order valence-corrected chi connectivity index (χ0v) is 11.9. The summed E-state index contributed by atoms with van der Waals surface area (Å²) in [4.78, 5) is 0. The van der Waals surface area contributed by atoms with E-state index in [1.165, 1.54) is 0 Å². The van der Waals surface area contributed by atoms with Crippen LogP contribution in [0.4, 0.5) is 5.69 Å². The lowest BCUT2D eigenvalue weighted by Gasteiger charge is -2.14. The second kappa shape index (κ2) is 5.88. The molecule has 6 heteroatoms. The molecule has 0 saturated carbocycles. The molecule has 22 heavy (non-hydrogen) atoms. The van der Waals surface area contributed by atoms with E-state index in [2.05, 4.69) is 5.10 Å². The van der Waals surface area contributed by atoms with E-state index < -0.39 is 0 Å². The maximum atomic E-state index is 7.91. The average Bonchev–Trinajstić information content (AvgIpc) is 2.66. The van der Waals surface area contributed by atoms with E-state index in [0.717, 1.165) is 34.4 Å². The first-order valence-electron chi connectivity index (χ1n) is 6.84. The molecule has 1 aliphatic rings. The van der Waals surface area contributed by atoms with E-state index in [-0.39, 0.29) is 5.12 Å². The minimum absolute atomic E-state index is 0.0718. The number of nitrogens with two attached hydrogens (primary N) is 2. The fourth-order valence-electron chi connectivity index (χ4n) is 2.50. The average molecular weight is 295 g/mol. The lowest BCUT2D eigenvalue weighted by molar-refractivity contribution is -0.797. The Morgan fingerprint density at radius 2 is 2.00 bits per heavy atom. The van der Waals surface area contributed by atoms with Crippen molar-refractivity contribution >= 4 is 17.6 Å². The highest BCUT2D eigenvalue weighted by molar-refractivity contribution is 5.85. The highest BCUT2D eigenvalue weighted by Crippen LogP contribution is 2.37. The second-order valence-corrected chi connectivity index (χ2v) is 4.92. The van der Waals surface area contributed by atoms with Crippen molar-refractivity contribution in [2.75, 3.05) is 5.73 Å². The molecule has 0 amide bonds. The van der Waals surface area contributed by atoms with Crippen molar-refractivity contribution in [3.63, 3.8) is 0 Å². The smallest absolute Gasteiger partial charge is 0.141 e. The fourth-order valence-corrected chi connectivity index (χ4v) is 2.50. The SMILES string of the molecule is [NH-][NH+](/C=C1/c2ccccc2COc2ccc(N)cc21)N=CN. The highest BCUT2D eigenvalue weighted by Gasteiger charge is 2.20. The Kier molecular flexibility index (Phi) is 3.78. The summed E-state index contributed by atoms with van der Waals surface area (Å²) in [6.07, 6.45) is 2.79. The Bertz CT molecular complexity index is 754. The number of ether oxygens (including phenoxy) is 1. The van der Waals surface area contributed by atoms with Gasteiger partial charge in [-0.15, -0.1) is 0 Å². The first-order valence-corrected chi connectivity index (χ1v) is 6.84. The van der Waals surface area contributed by atoms with Crippen LogP contribution in [0.3, 0.4) is 0 Å². The van der Waals surface area contributed by atoms with Gasteiger partial charge in [-0.1, -0.05) is 29.4 Å². The van der Waals surface area contributed by atoms with Crippen LogP contribution in [0.25, 0.3) is 11.4 Å². The monoisotopic (exact) mass is 295 g/mol. The summed E-state index contributed by atoms with van der Waals surface area (Å²) in [7, 11) is 0. The van der Waals surface area contributed by atoms with E-state index in [1.54, 1.807) is 12.3 Å². The first-order chi connectivity index (χ1) is 10.7. The molecule has 2 aromatic rings. The van der Waals surface area contributed by atoms with Crippen molar-refractivity contribution in [2.24, 2.45) is 10.8 Å². The largest absolute Gasteiger partial charge is 0.488 e. The molecule has 0 radical (unpaired) electrons. The van der Waals surface area contributed by atoms with Gasteiger partial charge in [0.25, 0.3) is 0 Å². The number of nitrogen functional groups attached to an aromatic ring is 1. The van der Waals surface area contributed by atoms with Crippen molar-refractivity contribution in [3.8, 4) is 5.75 Å². The van der Waals surface area contributed by atoms with Crippen LogP contribution < -0.4 is 21.3 Å². The van der Waals surface area contributed by atoms with Crippen LogP contribution in [0, 0.1) is 0 Å².